The summed E-state index contributed by atoms with van der Waals surface area (Å²) in [4.78, 5) is 26.2. The highest BCUT2D eigenvalue weighted by Gasteiger charge is 2.48. The van der Waals surface area contributed by atoms with Gasteiger partial charge in [-0.25, -0.2) is 13.9 Å². The van der Waals surface area contributed by atoms with Gasteiger partial charge in [-0.3, -0.25) is 4.79 Å². The number of aryl methyl sites for hydroxylation is 1. The minimum absolute atomic E-state index is 0.0516. The maximum atomic E-state index is 15.5. The van der Waals surface area contributed by atoms with Crippen LogP contribution in [-0.4, -0.2) is 48.1 Å². The number of halogens is 1. The number of anilines is 1. The van der Waals surface area contributed by atoms with Crippen LogP contribution >= 0.6 is 0 Å². The third-order valence-corrected chi connectivity index (χ3v) is 9.47. The van der Waals surface area contributed by atoms with Gasteiger partial charge in [-0.05, 0) is 102 Å². The third kappa shape index (κ3) is 8.64. The average molecular weight is 587 g/mol. The van der Waals surface area contributed by atoms with Gasteiger partial charge in [0.1, 0.15) is 24.2 Å². The number of nitrogens with one attached hydrogen (secondary N) is 2. The Morgan fingerprint density at radius 2 is 1.76 bits per heavy atom. The van der Waals surface area contributed by atoms with Gasteiger partial charge in [0, 0.05) is 37.2 Å². The number of nitrogens with zero attached hydrogens (tertiary/aromatic N) is 2. The highest BCUT2D eigenvalue weighted by Crippen LogP contribution is 2.51. The van der Waals surface area contributed by atoms with E-state index in [9.17, 15) is 9.59 Å². The summed E-state index contributed by atoms with van der Waals surface area (Å²) in [6, 6.07) is 5.04. The molecule has 8 nitrogen and oxygen atoms in total. The van der Waals surface area contributed by atoms with E-state index in [0.29, 0.717) is 42.1 Å². The summed E-state index contributed by atoms with van der Waals surface area (Å²) in [7, 11) is -1.19. The van der Waals surface area contributed by atoms with E-state index in [1.807, 2.05) is 13.8 Å². The number of aromatic nitrogens is 2. The van der Waals surface area contributed by atoms with Crippen LogP contribution in [-0.2, 0) is 21.0 Å². The molecule has 1 aromatic heterocycles. The van der Waals surface area contributed by atoms with Crippen molar-refractivity contribution >= 4 is 25.8 Å². The zero-order chi connectivity index (χ0) is 30.1. The quantitative estimate of drug-likeness (QED) is 0.209. The van der Waals surface area contributed by atoms with Gasteiger partial charge in [0.25, 0.3) is 0 Å². The highest BCUT2D eigenvalue weighted by atomic mass is 28.3. The van der Waals surface area contributed by atoms with Crippen LogP contribution in [0.1, 0.15) is 57.8 Å². The Kier molecular flexibility index (Phi) is 9.33. The van der Waals surface area contributed by atoms with Crippen molar-refractivity contribution in [3.63, 3.8) is 0 Å². The van der Waals surface area contributed by atoms with E-state index in [0.717, 1.165) is 43.0 Å². The van der Waals surface area contributed by atoms with E-state index in [4.69, 9.17) is 9.47 Å². The molecule has 1 unspecified atom stereocenters. The number of carbonyl (C=O) groups excluding carboxylic acids is 2. The molecule has 1 heterocycles. The van der Waals surface area contributed by atoms with Crippen molar-refractivity contribution in [1.82, 2.24) is 15.1 Å². The molecule has 2 aromatic rings. The van der Waals surface area contributed by atoms with Gasteiger partial charge in [0.2, 0.25) is 5.91 Å². The fourth-order valence-corrected chi connectivity index (χ4v) is 6.18. The van der Waals surface area contributed by atoms with Crippen molar-refractivity contribution in [3.05, 3.63) is 35.4 Å². The van der Waals surface area contributed by atoms with Crippen LogP contribution in [0.2, 0.25) is 25.7 Å². The zero-order valence-corrected chi connectivity index (χ0v) is 26.9. The number of hydrogen-bond donors (Lipinski definition) is 2. The van der Waals surface area contributed by atoms with Crippen LogP contribution in [0.3, 0.4) is 0 Å². The molecule has 2 aliphatic rings. The van der Waals surface area contributed by atoms with Gasteiger partial charge in [0.15, 0.2) is 0 Å². The summed E-state index contributed by atoms with van der Waals surface area (Å²) in [5.74, 6) is 0.0765. The topological polar surface area (TPSA) is 94.5 Å². The largest absolute Gasteiger partial charge is 0.444 e. The molecular formula is C31H47FN4O4Si. The monoisotopic (exact) mass is 586 g/mol. The first-order valence-corrected chi connectivity index (χ1v) is 18.6. The molecule has 2 amide bonds. The molecule has 226 valence electrons. The molecule has 1 atom stereocenters. The molecule has 1 aromatic carbocycles. The number of alkyl carbamates (subject to hydrolysis) is 1. The van der Waals surface area contributed by atoms with Gasteiger partial charge in [-0.15, -0.1) is 0 Å². The fourth-order valence-electron chi connectivity index (χ4n) is 5.42. The van der Waals surface area contributed by atoms with Crippen molar-refractivity contribution < 1.29 is 23.5 Å². The molecule has 0 radical (unpaired) electrons. The summed E-state index contributed by atoms with van der Waals surface area (Å²) in [6.07, 6.45) is 3.61. The molecular weight excluding hydrogens is 539 g/mol. The number of amides is 2. The summed E-state index contributed by atoms with van der Waals surface area (Å²) < 4.78 is 28.6. The van der Waals surface area contributed by atoms with E-state index in [1.165, 1.54) is 6.07 Å². The first-order chi connectivity index (χ1) is 19.1. The molecule has 41 heavy (non-hydrogen) atoms. The number of carbonyl (C=O) groups is 2. The predicted molar refractivity (Wildman–Crippen MR) is 162 cm³/mol. The predicted octanol–water partition coefficient (Wildman–Crippen LogP) is 6.89. The maximum Gasteiger partial charge on any atom is 0.408 e. The molecule has 2 aliphatic carbocycles. The van der Waals surface area contributed by atoms with Crippen molar-refractivity contribution in [2.24, 2.45) is 17.8 Å². The smallest absolute Gasteiger partial charge is 0.408 e. The molecule has 0 spiro atoms. The Morgan fingerprint density at radius 1 is 1.12 bits per heavy atom. The van der Waals surface area contributed by atoms with Crippen molar-refractivity contribution in [1.29, 1.82) is 0 Å². The molecule has 0 bridgehead atoms. The highest BCUT2D eigenvalue weighted by molar-refractivity contribution is 6.76. The first kappa shape index (κ1) is 31.2. The lowest BCUT2D eigenvalue weighted by Gasteiger charge is -2.29. The molecule has 2 N–H and O–H groups in total. The minimum Gasteiger partial charge on any atom is -0.444 e. The number of benzene rings is 1. The Hall–Kier alpha value is -2.72. The third-order valence-electron chi connectivity index (χ3n) is 7.77. The van der Waals surface area contributed by atoms with E-state index in [-0.39, 0.29) is 11.8 Å². The van der Waals surface area contributed by atoms with Gasteiger partial charge in [-0.2, -0.15) is 5.10 Å². The van der Waals surface area contributed by atoms with Gasteiger partial charge < -0.3 is 20.1 Å². The minimum atomic E-state index is -1.19. The molecule has 4 rings (SSSR count). The second-order valence-electron chi connectivity index (χ2n) is 14.0. The van der Waals surface area contributed by atoms with E-state index >= 15 is 4.39 Å². The van der Waals surface area contributed by atoms with Crippen molar-refractivity contribution in [3.8, 4) is 11.1 Å². The zero-order valence-electron chi connectivity index (χ0n) is 25.9. The molecule has 2 saturated carbocycles. The van der Waals surface area contributed by atoms with Crippen LogP contribution in [0.15, 0.2) is 18.2 Å². The molecule has 2 fully saturated rings. The van der Waals surface area contributed by atoms with Crippen molar-refractivity contribution in [2.45, 2.75) is 104 Å². The Labute approximate surface area is 244 Å². The van der Waals surface area contributed by atoms with Gasteiger partial charge >= 0.3 is 6.09 Å². The maximum absolute atomic E-state index is 15.5. The summed E-state index contributed by atoms with van der Waals surface area (Å²) in [5, 5.41) is 10.3. The lowest BCUT2D eigenvalue weighted by Crippen LogP contribution is -2.51. The van der Waals surface area contributed by atoms with Crippen LogP contribution < -0.4 is 10.6 Å². The van der Waals surface area contributed by atoms with Gasteiger partial charge in [-0.1, -0.05) is 19.6 Å². The lowest BCUT2D eigenvalue weighted by atomic mass is 9.88. The second-order valence-corrected chi connectivity index (χ2v) is 19.6. The van der Waals surface area contributed by atoms with E-state index in [1.54, 1.807) is 37.6 Å². The lowest BCUT2D eigenvalue weighted by molar-refractivity contribution is -0.120. The summed E-state index contributed by atoms with van der Waals surface area (Å²) >= 11 is 0. The van der Waals surface area contributed by atoms with Crippen LogP contribution in [0.5, 0.6) is 0 Å². The molecule has 10 heteroatoms. The number of rotatable bonds is 12. The summed E-state index contributed by atoms with van der Waals surface area (Å²) in [5.41, 5.74) is 2.35. The van der Waals surface area contributed by atoms with E-state index in [2.05, 4.69) is 35.4 Å². The first-order valence-electron chi connectivity index (χ1n) is 14.8. The van der Waals surface area contributed by atoms with Gasteiger partial charge in [0.05, 0.1) is 5.69 Å². The van der Waals surface area contributed by atoms with Crippen molar-refractivity contribution in [2.75, 3.05) is 11.9 Å². The van der Waals surface area contributed by atoms with Crippen LogP contribution in [0.25, 0.3) is 11.1 Å². The normalized spacial score (nSPS) is 16.5. The van der Waals surface area contributed by atoms with E-state index < -0.39 is 31.6 Å². The van der Waals surface area contributed by atoms with Crippen LogP contribution in [0.4, 0.5) is 14.9 Å². The number of ether oxygens (including phenoxy) is 2. The fraction of sp³-hybridized carbons (Fsp3) is 0.645. The Morgan fingerprint density at radius 3 is 2.29 bits per heavy atom. The Balaban J connectivity index is 1.48. The average Bonchev–Trinajstić information content (AvgIpc) is 3.76. The summed E-state index contributed by atoms with van der Waals surface area (Å²) in [6.45, 7) is 17.1. The Bertz CT molecular complexity index is 1250. The number of hydrogen-bond acceptors (Lipinski definition) is 5. The second kappa shape index (κ2) is 12.3. The SMILES string of the molecule is Cc1nn(COCC[Si](C)(C)C)c(C)c1-c1ccc(NC(=O)C(NC(=O)OC(C)(C)C)C(C2CC2)C2CC2)cc1F. The molecule has 0 aliphatic heterocycles. The standard InChI is InChI=1S/C31H47FN4O4Si/c1-19-26(20(2)36(35-19)18-39-15-16-41(6,7)8)24-14-13-23(17-25(24)32)33-29(37)28(34-30(38)40-31(3,4)5)27(21-9-10-21)22-11-12-22/h13-14,17,21-22,27-28H,9-12,15-16,18H2,1-8H3,(H,33,37)(H,34,38). The molecule has 0 saturated heterocycles. The van der Waals surface area contributed by atoms with Crippen LogP contribution in [0, 0.1) is 37.4 Å².